The Morgan fingerprint density at radius 1 is 1.64 bits per heavy atom. The number of rotatable bonds is 2. The highest BCUT2D eigenvalue weighted by Gasteiger charge is 2.21. The molecule has 0 spiro atoms. The third-order valence-electron chi connectivity index (χ3n) is 1.02. The van der Waals surface area contributed by atoms with Crippen molar-refractivity contribution in [2.24, 2.45) is 5.73 Å². The van der Waals surface area contributed by atoms with Gasteiger partial charge >= 0.3 is 6.03 Å². The summed E-state index contributed by atoms with van der Waals surface area (Å²) in [6.45, 7) is 0.339. The first kappa shape index (κ1) is 9.86. The number of primary amides is 1. The van der Waals surface area contributed by atoms with Gasteiger partial charge in [-0.25, -0.2) is 9.69 Å². The number of urea groups is 1. The molecule has 6 nitrogen and oxygen atoms in total. The van der Waals surface area contributed by atoms with Gasteiger partial charge in [0.15, 0.2) is 0 Å². The Kier molecular flexibility index (Phi) is 3.49. The van der Waals surface area contributed by atoms with Crippen LogP contribution in [0.5, 0.6) is 0 Å². The summed E-state index contributed by atoms with van der Waals surface area (Å²) in [6, 6.07) is -1.08. The maximum Gasteiger partial charge on any atom is 0.323 e. The second kappa shape index (κ2) is 3.89. The maximum absolute atomic E-state index is 10.6. The lowest BCUT2D eigenvalue weighted by Crippen LogP contribution is -2.47. The van der Waals surface area contributed by atoms with Crippen molar-refractivity contribution in [3.05, 3.63) is 0 Å². The monoisotopic (exact) mass is 162 g/mol. The molecule has 0 aromatic rings. The summed E-state index contributed by atoms with van der Waals surface area (Å²) in [5.41, 5.74) is 4.71. The van der Waals surface area contributed by atoms with E-state index in [1.807, 2.05) is 0 Å². The number of amides is 3. The lowest BCUT2D eigenvalue weighted by molar-refractivity contribution is -0.137. The minimum atomic E-state index is -1.31. The van der Waals surface area contributed by atoms with Gasteiger partial charge < -0.3 is 15.9 Å². The predicted molar refractivity (Wildman–Crippen MR) is 35.2 cm³/mol. The van der Waals surface area contributed by atoms with E-state index in [-0.39, 0.29) is 0 Å². The van der Waals surface area contributed by atoms with E-state index in [2.05, 4.69) is 0 Å². The van der Waals surface area contributed by atoms with E-state index in [1.54, 1.807) is 0 Å². The zero-order chi connectivity index (χ0) is 9.02. The Hall–Kier alpha value is -1.14. The van der Waals surface area contributed by atoms with Gasteiger partial charge in [-0.3, -0.25) is 4.79 Å². The molecule has 0 saturated carbocycles. The second-order valence-electron chi connectivity index (χ2n) is 1.89. The Morgan fingerprint density at radius 2 is 2.09 bits per heavy atom. The van der Waals surface area contributed by atoms with E-state index in [0.29, 0.717) is 4.90 Å². The number of aliphatic hydroxyl groups is 2. The lowest BCUT2D eigenvalue weighted by atomic mass is 10.5. The van der Waals surface area contributed by atoms with E-state index in [9.17, 15) is 9.59 Å². The average Bonchev–Trinajstić information content (AvgIpc) is 1.85. The van der Waals surface area contributed by atoms with Crippen molar-refractivity contribution in [1.29, 1.82) is 0 Å². The van der Waals surface area contributed by atoms with E-state index in [0.717, 1.165) is 0 Å². The van der Waals surface area contributed by atoms with Crippen molar-refractivity contribution >= 4 is 11.9 Å². The van der Waals surface area contributed by atoms with E-state index in [4.69, 9.17) is 15.9 Å². The molecule has 0 rings (SSSR count). The molecule has 0 radical (unpaired) electrons. The highest BCUT2D eigenvalue weighted by Crippen LogP contribution is 1.94. The molecule has 0 heterocycles. The average molecular weight is 162 g/mol. The van der Waals surface area contributed by atoms with Crippen molar-refractivity contribution in [2.45, 2.75) is 13.2 Å². The van der Waals surface area contributed by atoms with Crippen molar-refractivity contribution < 1.29 is 19.8 Å². The van der Waals surface area contributed by atoms with Gasteiger partial charge in [0, 0.05) is 0 Å². The molecule has 0 aliphatic heterocycles. The predicted octanol–water partition coefficient (Wildman–Crippen LogP) is -1.78. The van der Waals surface area contributed by atoms with Crippen LogP contribution in [0, 0.1) is 0 Å². The number of nitrogens with zero attached hydrogens (tertiary/aromatic N) is 1. The number of hydrogen-bond acceptors (Lipinski definition) is 4. The van der Waals surface area contributed by atoms with Gasteiger partial charge in [-0.1, -0.05) is 0 Å². The largest absolute Gasteiger partial charge is 0.387 e. The first-order valence-corrected chi connectivity index (χ1v) is 2.91. The normalized spacial score (nSPS) is 12.3. The van der Waals surface area contributed by atoms with Crippen LogP contribution in [0.15, 0.2) is 0 Å². The number of carbonyl (C=O) groups is 2. The SMILES string of the molecule is CC(O)N(C(N)=O)C(=O)CO. The molecular formula is C5H10N2O4. The molecule has 4 N–H and O–H groups in total. The topological polar surface area (TPSA) is 104 Å². The molecule has 0 saturated heterocycles. The van der Waals surface area contributed by atoms with Gasteiger partial charge in [-0.15, -0.1) is 0 Å². The minimum absolute atomic E-state index is 0.361. The van der Waals surface area contributed by atoms with Crippen LogP contribution in [-0.2, 0) is 4.79 Å². The molecule has 1 unspecified atom stereocenters. The van der Waals surface area contributed by atoms with Crippen LogP contribution in [-0.4, -0.2) is 39.9 Å². The molecule has 3 amide bonds. The standard InChI is InChI=1S/C5H10N2O4/c1-3(9)7(5(6)11)4(10)2-8/h3,8-9H,2H2,1H3,(H2,6,11). The summed E-state index contributed by atoms with van der Waals surface area (Å²) in [5.74, 6) is -0.924. The van der Waals surface area contributed by atoms with Crippen LogP contribution < -0.4 is 5.73 Å². The van der Waals surface area contributed by atoms with Gasteiger partial charge in [0.1, 0.15) is 12.8 Å². The van der Waals surface area contributed by atoms with Crippen molar-refractivity contribution in [1.82, 2.24) is 4.90 Å². The first-order chi connectivity index (χ1) is 5.00. The summed E-state index contributed by atoms with van der Waals surface area (Å²) in [4.78, 5) is 21.4. The van der Waals surface area contributed by atoms with Crippen LogP contribution in [0.3, 0.4) is 0 Å². The summed E-state index contributed by atoms with van der Waals surface area (Å²) < 4.78 is 0. The van der Waals surface area contributed by atoms with E-state index >= 15 is 0 Å². The Morgan fingerprint density at radius 3 is 2.18 bits per heavy atom. The van der Waals surface area contributed by atoms with Crippen LogP contribution in [0.1, 0.15) is 6.92 Å². The Bertz CT molecular complexity index is 168. The first-order valence-electron chi connectivity index (χ1n) is 2.91. The Labute approximate surface area is 63.2 Å². The zero-order valence-electron chi connectivity index (χ0n) is 6.02. The van der Waals surface area contributed by atoms with Crippen LogP contribution in [0.25, 0.3) is 0 Å². The molecule has 0 aliphatic carbocycles. The van der Waals surface area contributed by atoms with Gasteiger partial charge in [0.25, 0.3) is 5.91 Å². The van der Waals surface area contributed by atoms with E-state index < -0.39 is 24.8 Å². The molecule has 6 heteroatoms. The molecule has 11 heavy (non-hydrogen) atoms. The third-order valence-corrected chi connectivity index (χ3v) is 1.02. The zero-order valence-corrected chi connectivity index (χ0v) is 6.02. The van der Waals surface area contributed by atoms with Crippen LogP contribution in [0.4, 0.5) is 4.79 Å². The van der Waals surface area contributed by atoms with Crippen molar-refractivity contribution in [3.63, 3.8) is 0 Å². The molecule has 1 atom stereocenters. The van der Waals surface area contributed by atoms with Gasteiger partial charge in [-0.2, -0.15) is 0 Å². The molecular weight excluding hydrogens is 152 g/mol. The fraction of sp³-hybridized carbons (Fsp3) is 0.600. The van der Waals surface area contributed by atoms with E-state index in [1.165, 1.54) is 6.92 Å². The summed E-state index contributed by atoms with van der Waals surface area (Å²) in [7, 11) is 0. The second-order valence-corrected chi connectivity index (χ2v) is 1.89. The van der Waals surface area contributed by atoms with Crippen LogP contribution >= 0.6 is 0 Å². The maximum atomic E-state index is 10.6. The smallest absolute Gasteiger partial charge is 0.323 e. The summed E-state index contributed by atoms with van der Waals surface area (Å²) in [5, 5.41) is 17.1. The van der Waals surface area contributed by atoms with Gasteiger partial charge in [0.05, 0.1) is 0 Å². The molecule has 0 bridgehead atoms. The van der Waals surface area contributed by atoms with Crippen molar-refractivity contribution in [2.75, 3.05) is 6.61 Å². The van der Waals surface area contributed by atoms with Crippen LogP contribution in [0.2, 0.25) is 0 Å². The number of hydrogen-bond donors (Lipinski definition) is 3. The summed E-state index contributed by atoms with van der Waals surface area (Å²) in [6.07, 6.45) is -1.31. The molecule has 0 aromatic heterocycles. The number of nitrogens with two attached hydrogens (primary N) is 1. The number of carbonyl (C=O) groups excluding carboxylic acids is 2. The third kappa shape index (κ3) is 2.52. The van der Waals surface area contributed by atoms with Gasteiger partial charge in [0.2, 0.25) is 0 Å². The molecule has 0 aromatic carbocycles. The quantitative estimate of drug-likeness (QED) is 0.418. The molecule has 0 fully saturated rings. The highest BCUT2D eigenvalue weighted by molar-refractivity contribution is 5.94. The summed E-state index contributed by atoms with van der Waals surface area (Å²) >= 11 is 0. The molecule has 64 valence electrons. The minimum Gasteiger partial charge on any atom is -0.387 e. The fourth-order valence-electron chi connectivity index (χ4n) is 0.592. The number of aliphatic hydroxyl groups excluding tert-OH is 2. The Balaban J connectivity index is 4.34. The fourth-order valence-corrected chi connectivity index (χ4v) is 0.592. The highest BCUT2D eigenvalue weighted by atomic mass is 16.3. The van der Waals surface area contributed by atoms with Crippen molar-refractivity contribution in [3.8, 4) is 0 Å². The lowest BCUT2D eigenvalue weighted by Gasteiger charge is -2.19. The number of imide groups is 1. The molecule has 0 aliphatic rings. The van der Waals surface area contributed by atoms with Gasteiger partial charge in [-0.05, 0) is 6.92 Å².